The van der Waals surface area contributed by atoms with Crippen LogP contribution < -0.4 is 10.9 Å². The predicted molar refractivity (Wildman–Crippen MR) is 103 cm³/mol. The molecule has 0 unspecified atom stereocenters. The van der Waals surface area contributed by atoms with Gasteiger partial charge in [0.05, 0.1) is 6.54 Å². The third-order valence-electron chi connectivity index (χ3n) is 4.23. The summed E-state index contributed by atoms with van der Waals surface area (Å²) >= 11 is 0. The molecule has 1 heterocycles. The van der Waals surface area contributed by atoms with E-state index in [2.05, 4.69) is 10.4 Å². The topological polar surface area (TPSA) is 64.0 Å². The molecule has 0 fully saturated rings. The van der Waals surface area contributed by atoms with Gasteiger partial charge in [-0.1, -0.05) is 41.5 Å². The highest BCUT2D eigenvalue weighted by atomic mass is 16.2. The molecule has 0 aliphatic carbocycles. The van der Waals surface area contributed by atoms with Gasteiger partial charge in [-0.15, -0.1) is 0 Å². The molecule has 3 rings (SSSR count). The van der Waals surface area contributed by atoms with Crippen molar-refractivity contribution >= 4 is 11.6 Å². The van der Waals surface area contributed by atoms with Crippen molar-refractivity contribution in [3.63, 3.8) is 0 Å². The molecule has 1 N–H and O–H groups in total. The van der Waals surface area contributed by atoms with Crippen LogP contribution in [0.2, 0.25) is 0 Å². The van der Waals surface area contributed by atoms with Gasteiger partial charge in [0, 0.05) is 11.8 Å². The van der Waals surface area contributed by atoms with Crippen LogP contribution in [0.5, 0.6) is 0 Å². The van der Waals surface area contributed by atoms with E-state index >= 15 is 0 Å². The molecule has 0 bridgehead atoms. The molecule has 0 aliphatic rings. The molecule has 0 radical (unpaired) electrons. The van der Waals surface area contributed by atoms with E-state index in [-0.39, 0.29) is 17.2 Å². The number of nitrogens with zero attached hydrogens (tertiary/aromatic N) is 2. The largest absolute Gasteiger partial charge is 0.321 e. The maximum Gasteiger partial charge on any atom is 0.276 e. The van der Waals surface area contributed by atoms with Gasteiger partial charge in [0.2, 0.25) is 0 Å². The van der Waals surface area contributed by atoms with Crippen LogP contribution in [0.1, 0.15) is 32.7 Å². The van der Waals surface area contributed by atoms with Crippen LogP contribution in [-0.2, 0) is 6.54 Å². The minimum Gasteiger partial charge on any atom is -0.321 e. The number of aryl methyl sites for hydroxylation is 3. The van der Waals surface area contributed by atoms with E-state index < -0.39 is 0 Å². The van der Waals surface area contributed by atoms with Crippen molar-refractivity contribution in [2.75, 3.05) is 5.32 Å². The molecule has 3 aromatic rings. The van der Waals surface area contributed by atoms with Crippen LogP contribution in [0.15, 0.2) is 59.4 Å². The van der Waals surface area contributed by atoms with Gasteiger partial charge in [-0.2, -0.15) is 5.10 Å². The van der Waals surface area contributed by atoms with Crippen molar-refractivity contribution in [3.8, 4) is 0 Å². The summed E-state index contributed by atoms with van der Waals surface area (Å²) in [6.07, 6.45) is 0. The van der Waals surface area contributed by atoms with Crippen molar-refractivity contribution in [1.82, 2.24) is 9.78 Å². The summed E-state index contributed by atoms with van der Waals surface area (Å²) in [5, 5.41) is 7.04. The van der Waals surface area contributed by atoms with Crippen LogP contribution in [0, 0.1) is 20.8 Å². The summed E-state index contributed by atoms with van der Waals surface area (Å²) in [7, 11) is 0. The lowest BCUT2D eigenvalue weighted by Gasteiger charge is -2.10. The average molecular weight is 347 g/mol. The van der Waals surface area contributed by atoms with Crippen molar-refractivity contribution in [1.29, 1.82) is 0 Å². The molecule has 5 nitrogen and oxygen atoms in total. The first kappa shape index (κ1) is 17.6. The average Bonchev–Trinajstić information content (AvgIpc) is 2.62. The number of carbonyl (C=O) groups excluding carboxylic acids is 1. The number of carbonyl (C=O) groups is 1. The monoisotopic (exact) mass is 347 g/mol. The van der Waals surface area contributed by atoms with Crippen molar-refractivity contribution in [2.45, 2.75) is 27.3 Å². The minimum absolute atomic E-state index is 0.204. The molecule has 0 saturated heterocycles. The molecular weight excluding hydrogens is 326 g/mol. The Hall–Kier alpha value is -3.21. The normalized spacial score (nSPS) is 10.6. The van der Waals surface area contributed by atoms with E-state index in [1.165, 1.54) is 16.8 Å². The second kappa shape index (κ2) is 7.35. The van der Waals surface area contributed by atoms with Crippen LogP contribution in [0.4, 0.5) is 5.69 Å². The summed E-state index contributed by atoms with van der Waals surface area (Å²) in [6.45, 7) is 6.31. The number of hydrogen-bond acceptors (Lipinski definition) is 3. The fourth-order valence-electron chi connectivity index (χ4n) is 2.65. The first-order valence-corrected chi connectivity index (χ1v) is 8.45. The zero-order chi connectivity index (χ0) is 18.7. The van der Waals surface area contributed by atoms with Crippen molar-refractivity contribution in [2.24, 2.45) is 0 Å². The Morgan fingerprint density at radius 3 is 2.38 bits per heavy atom. The molecule has 1 amide bonds. The molecular formula is C21H21N3O2. The third-order valence-corrected chi connectivity index (χ3v) is 4.23. The first-order chi connectivity index (χ1) is 12.4. The molecule has 5 heteroatoms. The van der Waals surface area contributed by atoms with Gasteiger partial charge in [0.15, 0.2) is 0 Å². The fraction of sp³-hybridized carbons (Fsp3) is 0.190. The maximum atomic E-state index is 12.4. The van der Waals surface area contributed by atoms with Gasteiger partial charge in [-0.3, -0.25) is 9.59 Å². The van der Waals surface area contributed by atoms with Crippen LogP contribution in [0.3, 0.4) is 0 Å². The van der Waals surface area contributed by atoms with E-state index in [0.717, 1.165) is 22.3 Å². The Kier molecular flexibility index (Phi) is 4.98. The quantitative estimate of drug-likeness (QED) is 0.786. The highest BCUT2D eigenvalue weighted by molar-refractivity contribution is 6.02. The fourth-order valence-corrected chi connectivity index (χ4v) is 2.65. The van der Waals surface area contributed by atoms with E-state index in [0.29, 0.717) is 12.2 Å². The summed E-state index contributed by atoms with van der Waals surface area (Å²) < 4.78 is 1.33. The Morgan fingerprint density at radius 2 is 1.65 bits per heavy atom. The highest BCUT2D eigenvalue weighted by Crippen LogP contribution is 2.12. The van der Waals surface area contributed by atoms with E-state index in [9.17, 15) is 9.59 Å². The van der Waals surface area contributed by atoms with Crippen molar-refractivity contribution < 1.29 is 4.79 Å². The van der Waals surface area contributed by atoms with Gasteiger partial charge < -0.3 is 5.32 Å². The van der Waals surface area contributed by atoms with Gasteiger partial charge in [-0.25, -0.2) is 4.68 Å². The molecule has 1 aromatic heterocycles. The molecule has 0 atom stereocenters. The Labute approximate surface area is 152 Å². The van der Waals surface area contributed by atoms with Gasteiger partial charge in [-0.05, 0) is 50.1 Å². The second-order valence-corrected chi connectivity index (χ2v) is 6.46. The van der Waals surface area contributed by atoms with Gasteiger partial charge >= 0.3 is 0 Å². The number of rotatable bonds is 4. The number of amides is 1. The second-order valence-electron chi connectivity index (χ2n) is 6.46. The third kappa shape index (κ3) is 4.06. The SMILES string of the molecule is Cc1ccc(NC(=O)c2ccc(=O)n(Cc3cc(C)ccc3C)n2)cc1. The molecule has 26 heavy (non-hydrogen) atoms. The Bertz CT molecular complexity index is 1000. The summed E-state index contributed by atoms with van der Waals surface area (Å²) in [5.74, 6) is -0.344. The predicted octanol–water partition coefficient (Wildman–Crippen LogP) is 3.47. The summed E-state index contributed by atoms with van der Waals surface area (Å²) in [5.41, 5.74) is 4.98. The Balaban J connectivity index is 1.85. The molecule has 2 aromatic carbocycles. The van der Waals surface area contributed by atoms with Crippen molar-refractivity contribution in [3.05, 3.63) is 92.9 Å². The lowest BCUT2D eigenvalue weighted by Crippen LogP contribution is -2.26. The van der Waals surface area contributed by atoms with Crippen LogP contribution >= 0.6 is 0 Å². The number of benzene rings is 2. The lowest BCUT2D eigenvalue weighted by molar-refractivity contribution is 0.102. The smallest absolute Gasteiger partial charge is 0.276 e. The molecule has 0 saturated carbocycles. The standard InChI is InChI=1S/C21H21N3O2/c1-14-5-8-18(9-6-14)22-21(26)19-10-11-20(25)24(23-19)13-17-12-15(2)4-7-16(17)3/h4-12H,13H2,1-3H3,(H,22,26). The zero-order valence-corrected chi connectivity index (χ0v) is 15.1. The van der Waals surface area contributed by atoms with Crippen LogP contribution in [-0.4, -0.2) is 15.7 Å². The van der Waals surface area contributed by atoms with Crippen LogP contribution in [0.25, 0.3) is 0 Å². The molecule has 0 spiro atoms. The van der Waals surface area contributed by atoms with Gasteiger partial charge in [0.25, 0.3) is 11.5 Å². The first-order valence-electron chi connectivity index (χ1n) is 8.45. The summed E-state index contributed by atoms with van der Waals surface area (Å²) in [6, 6.07) is 16.4. The number of aromatic nitrogens is 2. The summed E-state index contributed by atoms with van der Waals surface area (Å²) in [4.78, 5) is 24.6. The highest BCUT2D eigenvalue weighted by Gasteiger charge is 2.11. The number of anilines is 1. The van der Waals surface area contributed by atoms with E-state index in [4.69, 9.17) is 0 Å². The van der Waals surface area contributed by atoms with E-state index in [1.807, 2.05) is 63.2 Å². The van der Waals surface area contributed by atoms with Gasteiger partial charge in [0.1, 0.15) is 5.69 Å². The minimum atomic E-state index is -0.344. The zero-order valence-electron chi connectivity index (χ0n) is 15.1. The Morgan fingerprint density at radius 1 is 0.962 bits per heavy atom. The number of hydrogen-bond donors (Lipinski definition) is 1. The molecule has 0 aliphatic heterocycles. The molecule has 132 valence electrons. The number of nitrogens with one attached hydrogen (secondary N) is 1. The maximum absolute atomic E-state index is 12.4. The van der Waals surface area contributed by atoms with E-state index in [1.54, 1.807) is 0 Å². The lowest BCUT2D eigenvalue weighted by atomic mass is 10.1.